The molecule has 2 aromatic rings. The molecule has 0 aliphatic carbocycles. The summed E-state index contributed by atoms with van der Waals surface area (Å²) in [6.07, 6.45) is 2.24. The van der Waals surface area contributed by atoms with Crippen LogP contribution in [0.3, 0.4) is 0 Å². The predicted molar refractivity (Wildman–Crippen MR) is 102 cm³/mol. The van der Waals surface area contributed by atoms with Gasteiger partial charge in [-0.25, -0.2) is 8.42 Å². The molecule has 0 spiro atoms. The van der Waals surface area contributed by atoms with Crippen molar-refractivity contribution in [1.29, 1.82) is 0 Å². The number of rotatable bonds is 8. The smallest absolute Gasteiger partial charge is 0.276 e. The first kappa shape index (κ1) is 19.1. The summed E-state index contributed by atoms with van der Waals surface area (Å²) in [5, 5.41) is 9.41. The SMILES string of the molecule is O=S1(=O)CCC(Cc2nnc(SCCCSc3ccccc3Cl)o2)C1. The van der Waals surface area contributed by atoms with Crippen molar-refractivity contribution >= 4 is 45.0 Å². The average molecular weight is 419 g/mol. The van der Waals surface area contributed by atoms with Crippen LogP contribution in [-0.4, -0.2) is 41.6 Å². The molecule has 0 saturated carbocycles. The van der Waals surface area contributed by atoms with Crippen molar-refractivity contribution in [3.8, 4) is 0 Å². The van der Waals surface area contributed by atoms with E-state index in [9.17, 15) is 8.42 Å². The lowest BCUT2D eigenvalue weighted by atomic mass is 10.1. The van der Waals surface area contributed by atoms with E-state index >= 15 is 0 Å². The van der Waals surface area contributed by atoms with Gasteiger partial charge in [0.25, 0.3) is 5.22 Å². The van der Waals surface area contributed by atoms with Gasteiger partial charge in [-0.05, 0) is 36.6 Å². The number of hydrogen-bond acceptors (Lipinski definition) is 7. The Morgan fingerprint density at radius 3 is 2.76 bits per heavy atom. The van der Waals surface area contributed by atoms with Crippen molar-refractivity contribution in [3.05, 3.63) is 35.2 Å². The Balaban J connectivity index is 1.37. The summed E-state index contributed by atoms with van der Waals surface area (Å²) >= 11 is 9.40. The molecule has 9 heteroatoms. The minimum absolute atomic E-state index is 0.107. The van der Waals surface area contributed by atoms with E-state index in [0.29, 0.717) is 24.0 Å². The van der Waals surface area contributed by atoms with Gasteiger partial charge in [0.05, 0.1) is 16.5 Å². The van der Waals surface area contributed by atoms with Crippen molar-refractivity contribution in [2.45, 2.75) is 29.4 Å². The molecule has 2 heterocycles. The summed E-state index contributed by atoms with van der Waals surface area (Å²) in [6, 6.07) is 7.83. The summed E-state index contributed by atoms with van der Waals surface area (Å²) in [4.78, 5) is 1.10. The van der Waals surface area contributed by atoms with Gasteiger partial charge in [0, 0.05) is 17.1 Å². The van der Waals surface area contributed by atoms with Crippen molar-refractivity contribution in [2.75, 3.05) is 23.0 Å². The third-order valence-electron chi connectivity index (χ3n) is 3.85. The van der Waals surface area contributed by atoms with Gasteiger partial charge < -0.3 is 4.42 Å². The minimum atomic E-state index is -2.86. The Kier molecular flexibility index (Phi) is 6.71. The first-order valence-electron chi connectivity index (χ1n) is 8.05. The number of halogens is 1. The molecule has 25 heavy (non-hydrogen) atoms. The molecule has 3 rings (SSSR count). The van der Waals surface area contributed by atoms with Crippen molar-refractivity contribution in [1.82, 2.24) is 10.2 Å². The molecular formula is C16H19ClN2O3S3. The summed E-state index contributed by atoms with van der Waals surface area (Å²) in [6.45, 7) is 0. The Bertz CT molecular complexity index is 810. The maximum Gasteiger partial charge on any atom is 0.276 e. The number of hydrogen-bond donors (Lipinski definition) is 0. The third-order valence-corrected chi connectivity index (χ3v) is 8.19. The first-order chi connectivity index (χ1) is 12.0. The second-order valence-corrected chi connectivity index (χ2v) is 10.7. The number of nitrogens with zero attached hydrogens (tertiary/aromatic N) is 2. The maximum absolute atomic E-state index is 11.5. The summed E-state index contributed by atoms with van der Waals surface area (Å²) < 4.78 is 28.6. The lowest BCUT2D eigenvalue weighted by Gasteiger charge is -2.03. The molecule has 1 aromatic heterocycles. The van der Waals surface area contributed by atoms with E-state index in [0.717, 1.165) is 27.8 Å². The molecule has 0 bridgehead atoms. The van der Waals surface area contributed by atoms with E-state index < -0.39 is 9.84 Å². The highest BCUT2D eigenvalue weighted by atomic mass is 35.5. The van der Waals surface area contributed by atoms with Gasteiger partial charge in [-0.3, -0.25) is 0 Å². The Morgan fingerprint density at radius 2 is 2.00 bits per heavy atom. The Morgan fingerprint density at radius 1 is 1.20 bits per heavy atom. The van der Waals surface area contributed by atoms with E-state index in [1.165, 1.54) is 11.8 Å². The minimum Gasteiger partial charge on any atom is -0.416 e. The Labute approximate surface area is 161 Å². The highest BCUT2D eigenvalue weighted by molar-refractivity contribution is 8.00. The van der Waals surface area contributed by atoms with Crippen LogP contribution in [0.5, 0.6) is 0 Å². The molecule has 1 aliphatic heterocycles. The van der Waals surface area contributed by atoms with Crippen LogP contribution in [0.4, 0.5) is 0 Å². The van der Waals surface area contributed by atoms with Gasteiger partial charge in [-0.1, -0.05) is 35.5 Å². The maximum atomic E-state index is 11.5. The molecule has 1 aliphatic rings. The average Bonchev–Trinajstić information content (AvgIpc) is 3.15. The number of sulfone groups is 1. The van der Waals surface area contributed by atoms with Gasteiger partial charge in [-0.15, -0.1) is 22.0 Å². The lowest BCUT2D eigenvalue weighted by molar-refractivity contribution is 0.389. The molecule has 0 radical (unpaired) electrons. The van der Waals surface area contributed by atoms with Crippen LogP contribution in [0, 0.1) is 5.92 Å². The fourth-order valence-electron chi connectivity index (χ4n) is 2.62. The van der Waals surface area contributed by atoms with Crippen LogP contribution in [0.1, 0.15) is 18.7 Å². The fraction of sp³-hybridized carbons (Fsp3) is 0.500. The number of benzene rings is 1. The second-order valence-electron chi connectivity index (χ2n) is 5.92. The van der Waals surface area contributed by atoms with Gasteiger partial charge in [0.1, 0.15) is 0 Å². The van der Waals surface area contributed by atoms with Gasteiger partial charge in [-0.2, -0.15) is 0 Å². The Hall–Kier alpha value is -0.700. The molecule has 1 saturated heterocycles. The first-order valence-corrected chi connectivity index (χ1v) is 12.2. The second kappa shape index (κ2) is 8.79. The molecule has 136 valence electrons. The standard InChI is InChI=1S/C16H19ClN2O3S3/c17-13-4-1-2-5-14(13)23-7-3-8-24-16-19-18-15(22-16)10-12-6-9-25(20,21)11-12/h1-2,4-5,12H,3,6-11H2. The lowest BCUT2D eigenvalue weighted by Crippen LogP contribution is -2.07. The molecule has 5 nitrogen and oxygen atoms in total. The van der Waals surface area contributed by atoms with Gasteiger partial charge in [0.15, 0.2) is 9.84 Å². The van der Waals surface area contributed by atoms with Crippen molar-refractivity contribution in [2.24, 2.45) is 5.92 Å². The fourth-order valence-corrected chi connectivity index (χ4v) is 6.57. The van der Waals surface area contributed by atoms with Crippen LogP contribution in [-0.2, 0) is 16.3 Å². The highest BCUT2D eigenvalue weighted by Crippen LogP contribution is 2.28. The molecule has 0 N–H and O–H groups in total. The summed E-state index contributed by atoms with van der Waals surface area (Å²) in [7, 11) is -2.86. The van der Waals surface area contributed by atoms with E-state index in [-0.39, 0.29) is 17.4 Å². The summed E-state index contributed by atoms with van der Waals surface area (Å²) in [5.74, 6) is 3.01. The van der Waals surface area contributed by atoms with Crippen LogP contribution in [0.15, 0.2) is 38.8 Å². The van der Waals surface area contributed by atoms with E-state index in [2.05, 4.69) is 10.2 Å². The zero-order chi connectivity index (χ0) is 17.7. The van der Waals surface area contributed by atoms with Crippen molar-refractivity contribution in [3.63, 3.8) is 0 Å². The normalized spacial score (nSPS) is 19.3. The van der Waals surface area contributed by atoms with Crippen LogP contribution >= 0.6 is 35.1 Å². The monoisotopic (exact) mass is 418 g/mol. The topological polar surface area (TPSA) is 73.1 Å². The quantitative estimate of drug-likeness (QED) is 0.474. The van der Waals surface area contributed by atoms with E-state index in [1.807, 2.05) is 24.3 Å². The van der Waals surface area contributed by atoms with E-state index in [1.54, 1.807) is 11.8 Å². The number of aromatic nitrogens is 2. The van der Waals surface area contributed by atoms with Gasteiger partial charge in [0.2, 0.25) is 5.89 Å². The van der Waals surface area contributed by atoms with Crippen LogP contribution in [0.25, 0.3) is 0 Å². The summed E-state index contributed by atoms with van der Waals surface area (Å²) in [5.41, 5.74) is 0. The van der Waals surface area contributed by atoms with E-state index in [4.69, 9.17) is 16.0 Å². The zero-order valence-electron chi connectivity index (χ0n) is 13.6. The van der Waals surface area contributed by atoms with Crippen molar-refractivity contribution < 1.29 is 12.8 Å². The predicted octanol–water partition coefficient (Wildman–Crippen LogP) is 3.97. The van der Waals surface area contributed by atoms with Crippen LogP contribution in [0.2, 0.25) is 5.02 Å². The molecular weight excluding hydrogens is 400 g/mol. The zero-order valence-corrected chi connectivity index (χ0v) is 16.8. The van der Waals surface area contributed by atoms with Crippen LogP contribution < -0.4 is 0 Å². The molecule has 1 unspecified atom stereocenters. The number of thioether (sulfide) groups is 2. The highest BCUT2D eigenvalue weighted by Gasteiger charge is 2.29. The molecule has 1 fully saturated rings. The molecule has 1 aromatic carbocycles. The molecule has 0 amide bonds. The largest absolute Gasteiger partial charge is 0.416 e. The van der Waals surface area contributed by atoms with Gasteiger partial charge >= 0.3 is 0 Å². The molecule has 1 atom stereocenters. The third kappa shape index (κ3) is 5.91.